The predicted octanol–water partition coefficient (Wildman–Crippen LogP) is 3.06. The lowest BCUT2D eigenvalue weighted by Crippen LogP contribution is -2.35. The van der Waals surface area contributed by atoms with E-state index in [0.717, 1.165) is 36.5 Å². The lowest BCUT2D eigenvalue weighted by Gasteiger charge is -2.36. The van der Waals surface area contributed by atoms with Gasteiger partial charge >= 0.3 is 0 Å². The summed E-state index contributed by atoms with van der Waals surface area (Å²) in [5, 5.41) is 0. The fourth-order valence-corrected chi connectivity index (χ4v) is 3.12. The predicted molar refractivity (Wildman–Crippen MR) is 77.2 cm³/mol. The maximum Gasteiger partial charge on any atom is 0.106 e. The van der Waals surface area contributed by atoms with Gasteiger partial charge in [0, 0.05) is 18.3 Å². The molecule has 4 heteroatoms. The van der Waals surface area contributed by atoms with Crippen LogP contribution in [-0.2, 0) is 4.74 Å². The SMILES string of the molecule is Cc1nc2cc(N)ccc2n1C1CCOC(C)(C)C1. The van der Waals surface area contributed by atoms with Gasteiger partial charge < -0.3 is 15.0 Å². The molecule has 3 rings (SSSR count). The molecule has 0 aliphatic carbocycles. The van der Waals surface area contributed by atoms with Crippen molar-refractivity contribution in [2.75, 3.05) is 12.3 Å². The van der Waals surface area contributed by atoms with Crippen LogP contribution in [0.4, 0.5) is 5.69 Å². The average Bonchev–Trinajstić information content (AvgIpc) is 2.62. The van der Waals surface area contributed by atoms with E-state index >= 15 is 0 Å². The van der Waals surface area contributed by atoms with Gasteiger partial charge in [-0.2, -0.15) is 0 Å². The maximum absolute atomic E-state index is 5.84. The van der Waals surface area contributed by atoms with Crippen molar-refractivity contribution in [3.63, 3.8) is 0 Å². The average molecular weight is 259 g/mol. The minimum atomic E-state index is -0.0558. The summed E-state index contributed by atoms with van der Waals surface area (Å²) in [5.74, 6) is 1.06. The zero-order chi connectivity index (χ0) is 13.6. The van der Waals surface area contributed by atoms with E-state index in [0.29, 0.717) is 6.04 Å². The molecule has 1 aliphatic rings. The van der Waals surface area contributed by atoms with Crippen molar-refractivity contribution in [1.82, 2.24) is 9.55 Å². The van der Waals surface area contributed by atoms with Gasteiger partial charge in [0.25, 0.3) is 0 Å². The second-order valence-electron chi connectivity index (χ2n) is 6.03. The van der Waals surface area contributed by atoms with Crippen LogP contribution in [0, 0.1) is 6.92 Å². The smallest absolute Gasteiger partial charge is 0.106 e. The Hall–Kier alpha value is -1.55. The minimum absolute atomic E-state index is 0.0558. The molecule has 2 N–H and O–H groups in total. The number of fused-ring (bicyclic) bond motifs is 1. The van der Waals surface area contributed by atoms with E-state index in [2.05, 4.69) is 36.4 Å². The van der Waals surface area contributed by atoms with Gasteiger partial charge in [0.05, 0.1) is 16.6 Å². The molecule has 1 aliphatic heterocycles. The highest BCUT2D eigenvalue weighted by Gasteiger charge is 2.31. The molecule has 1 unspecified atom stereocenters. The van der Waals surface area contributed by atoms with Crippen molar-refractivity contribution in [1.29, 1.82) is 0 Å². The molecule has 1 atom stereocenters. The molecule has 1 aromatic heterocycles. The standard InChI is InChI=1S/C15H21N3O/c1-10-17-13-8-11(16)4-5-14(13)18(10)12-6-7-19-15(2,3)9-12/h4-5,8,12H,6-7,9,16H2,1-3H3. The fourth-order valence-electron chi connectivity index (χ4n) is 3.12. The van der Waals surface area contributed by atoms with Crippen LogP contribution in [0.2, 0.25) is 0 Å². The molecule has 1 saturated heterocycles. The summed E-state index contributed by atoms with van der Waals surface area (Å²) in [6.45, 7) is 7.20. The first kappa shape index (κ1) is 12.5. The lowest BCUT2D eigenvalue weighted by molar-refractivity contribution is -0.0687. The zero-order valence-electron chi connectivity index (χ0n) is 11.8. The quantitative estimate of drug-likeness (QED) is 0.801. The van der Waals surface area contributed by atoms with Gasteiger partial charge in [0.1, 0.15) is 5.82 Å². The summed E-state index contributed by atoms with van der Waals surface area (Å²) in [5.41, 5.74) is 8.71. The van der Waals surface area contributed by atoms with E-state index < -0.39 is 0 Å². The first-order valence-corrected chi connectivity index (χ1v) is 6.84. The van der Waals surface area contributed by atoms with Crippen LogP contribution in [-0.4, -0.2) is 21.8 Å². The number of anilines is 1. The summed E-state index contributed by atoms with van der Waals surface area (Å²) in [4.78, 5) is 4.64. The van der Waals surface area contributed by atoms with Crippen LogP contribution >= 0.6 is 0 Å². The van der Waals surface area contributed by atoms with Crippen LogP contribution in [0.1, 0.15) is 38.6 Å². The normalized spacial score (nSPS) is 22.8. The van der Waals surface area contributed by atoms with Crippen molar-refractivity contribution in [2.45, 2.75) is 45.3 Å². The Labute approximate surface area is 113 Å². The first-order chi connectivity index (χ1) is 8.96. The second-order valence-corrected chi connectivity index (χ2v) is 6.03. The summed E-state index contributed by atoms with van der Waals surface area (Å²) in [6, 6.07) is 6.43. The lowest BCUT2D eigenvalue weighted by atomic mass is 9.93. The molecule has 1 fully saturated rings. The highest BCUT2D eigenvalue weighted by Crippen LogP contribution is 2.35. The van der Waals surface area contributed by atoms with E-state index in [-0.39, 0.29) is 5.60 Å². The van der Waals surface area contributed by atoms with E-state index in [9.17, 15) is 0 Å². The van der Waals surface area contributed by atoms with Gasteiger partial charge in [-0.3, -0.25) is 0 Å². The molecule has 0 radical (unpaired) electrons. The molecule has 19 heavy (non-hydrogen) atoms. The van der Waals surface area contributed by atoms with Crippen LogP contribution in [0.25, 0.3) is 11.0 Å². The number of hydrogen-bond donors (Lipinski definition) is 1. The number of ether oxygens (including phenoxy) is 1. The molecule has 0 saturated carbocycles. The van der Waals surface area contributed by atoms with E-state index in [1.54, 1.807) is 0 Å². The summed E-state index contributed by atoms with van der Waals surface area (Å²) in [6.07, 6.45) is 2.06. The van der Waals surface area contributed by atoms with Gasteiger partial charge in [-0.1, -0.05) is 0 Å². The molecule has 0 bridgehead atoms. The molecule has 0 spiro atoms. The van der Waals surface area contributed by atoms with Gasteiger partial charge in [-0.15, -0.1) is 0 Å². The van der Waals surface area contributed by atoms with Crippen LogP contribution in [0.15, 0.2) is 18.2 Å². The second kappa shape index (κ2) is 4.23. The van der Waals surface area contributed by atoms with Crippen molar-refractivity contribution in [2.24, 2.45) is 0 Å². The van der Waals surface area contributed by atoms with Crippen molar-refractivity contribution in [3.05, 3.63) is 24.0 Å². The minimum Gasteiger partial charge on any atom is -0.399 e. The Bertz CT molecular complexity index is 615. The summed E-state index contributed by atoms with van der Waals surface area (Å²) < 4.78 is 8.16. The summed E-state index contributed by atoms with van der Waals surface area (Å²) in [7, 11) is 0. The van der Waals surface area contributed by atoms with E-state index in [1.807, 2.05) is 12.1 Å². The zero-order valence-corrected chi connectivity index (χ0v) is 11.8. The Kier molecular flexibility index (Phi) is 2.78. The Morgan fingerprint density at radius 3 is 2.95 bits per heavy atom. The van der Waals surface area contributed by atoms with Crippen LogP contribution in [0.3, 0.4) is 0 Å². The topological polar surface area (TPSA) is 53.1 Å². The molecular weight excluding hydrogens is 238 g/mol. The molecule has 0 amide bonds. The molecule has 1 aromatic carbocycles. The number of imidazole rings is 1. The summed E-state index contributed by atoms with van der Waals surface area (Å²) >= 11 is 0. The van der Waals surface area contributed by atoms with Crippen molar-refractivity contribution >= 4 is 16.7 Å². The largest absolute Gasteiger partial charge is 0.399 e. The number of nitrogens with two attached hydrogens (primary N) is 1. The molecule has 102 valence electrons. The van der Waals surface area contributed by atoms with Crippen molar-refractivity contribution in [3.8, 4) is 0 Å². The van der Waals surface area contributed by atoms with Crippen LogP contribution < -0.4 is 5.73 Å². The van der Waals surface area contributed by atoms with Gasteiger partial charge in [-0.25, -0.2) is 4.98 Å². The van der Waals surface area contributed by atoms with Gasteiger partial charge in [0.2, 0.25) is 0 Å². The van der Waals surface area contributed by atoms with E-state index in [4.69, 9.17) is 10.5 Å². The molecule has 4 nitrogen and oxygen atoms in total. The Morgan fingerprint density at radius 1 is 1.42 bits per heavy atom. The monoisotopic (exact) mass is 259 g/mol. The maximum atomic E-state index is 5.84. The molecular formula is C15H21N3O. The Morgan fingerprint density at radius 2 is 2.21 bits per heavy atom. The number of nitrogens with zero attached hydrogens (tertiary/aromatic N) is 2. The highest BCUT2D eigenvalue weighted by molar-refractivity contribution is 5.79. The number of nitrogen functional groups attached to an aromatic ring is 1. The van der Waals surface area contributed by atoms with Gasteiger partial charge in [-0.05, 0) is 51.8 Å². The van der Waals surface area contributed by atoms with Gasteiger partial charge in [0.15, 0.2) is 0 Å². The Balaban J connectivity index is 2.07. The fraction of sp³-hybridized carbons (Fsp3) is 0.533. The molecule has 2 heterocycles. The van der Waals surface area contributed by atoms with Crippen LogP contribution in [0.5, 0.6) is 0 Å². The number of rotatable bonds is 1. The highest BCUT2D eigenvalue weighted by atomic mass is 16.5. The number of aromatic nitrogens is 2. The molecule has 2 aromatic rings. The van der Waals surface area contributed by atoms with E-state index in [1.165, 1.54) is 5.52 Å². The third-order valence-electron chi connectivity index (χ3n) is 3.93. The third-order valence-corrected chi connectivity index (χ3v) is 3.93. The number of hydrogen-bond acceptors (Lipinski definition) is 3. The third kappa shape index (κ3) is 2.21. The first-order valence-electron chi connectivity index (χ1n) is 6.84. The number of aryl methyl sites for hydroxylation is 1. The number of benzene rings is 1. The van der Waals surface area contributed by atoms with Crippen molar-refractivity contribution < 1.29 is 4.74 Å².